The first-order valence-electron chi connectivity index (χ1n) is 6.28. The van der Waals surface area contributed by atoms with E-state index in [0.29, 0.717) is 27.7 Å². The fraction of sp³-hybridized carbons (Fsp3) is 0.200. The Morgan fingerprint density at radius 3 is 2.52 bits per heavy atom. The second-order valence-electron chi connectivity index (χ2n) is 4.40. The molecule has 0 aliphatic rings. The van der Waals surface area contributed by atoms with Gasteiger partial charge in [-0.1, -0.05) is 48.3 Å². The first-order valence-corrected chi connectivity index (χ1v) is 7.83. The molecular formula is C15H12BrCl2F2N. The number of hydrogen-bond acceptors (Lipinski definition) is 1. The average molecular weight is 395 g/mol. The van der Waals surface area contributed by atoms with Gasteiger partial charge in [0, 0.05) is 0 Å². The van der Waals surface area contributed by atoms with Crippen LogP contribution in [0.25, 0.3) is 0 Å². The molecule has 2 aromatic rings. The molecule has 6 heteroatoms. The van der Waals surface area contributed by atoms with E-state index in [1.807, 2.05) is 6.92 Å². The molecule has 1 atom stereocenters. The third-order valence-corrected chi connectivity index (χ3v) is 4.72. The van der Waals surface area contributed by atoms with Crippen molar-refractivity contribution in [3.8, 4) is 0 Å². The molecule has 0 fully saturated rings. The minimum Gasteiger partial charge on any atom is -0.306 e. The maximum absolute atomic E-state index is 13.8. The van der Waals surface area contributed by atoms with Gasteiger partial charge >= 0.3 is 0 Å². The fourth-order valence-electron chi connectivity index (χ4n) is 2.10. The highest BCUT2D eigenvalue weighted by molar-refractivity contribution is 9.10. The summed E-state index contributed by atoms with van der Waals surface area (Å²) in [5, 5.41) is 4.01. The van der Waals surface area contributed by atoms with E-state index in [-0.39, 0.29) is 4.47 Å². The zero-order chi connectivity index (χ0) is 15.6. The maximum Gasteiger partial charge on any atom is 0.173 e. The molecule has 0 saturated heterocycles. The van der Waals surface area contributed by atoms with Crippen LogP contribution in [0.1, 0.15) is 24.1 Å². The van der Waals surface area contributed by atoms with Crippen molar-refractivity contribution < 1.29 is 8.78 Å². The average Bonchev–Trinajstić information content (AvgIpc) is 2.46. The van der Waals surface area contributed by atoms with E-state index < -0.39 is 17.7 Å². The summed E-state index contributed by atoms with van der Waals surface area (Å²) in [5.41, 5.74) is 1.26. The quantitative estimate of drug-likeness (QED) is 0.652. The summed E-state index contributed by atoms with van der Waals surface area (Å²) >= 11 is 15.4. The van der Waals surface area contributed by atoms with Crippen molar-refractivity contribution in [2.45, 2.75) is 13.0 Å². The predicted octanol–water partition coefficient (Wildman–Crippen LogP) is 5.73. The molecule has 1 N–H and O–H groups in total. The molecule has 0 heterocycles. The van der Waals surface area contributed by atoms with Gasteiger partial charge in [-0.3, -0.25) is 0 Å². The Morgan fingerprint density at radius 2 is 1.86 bits per heavy atom. The minimum absolute atomic E-state index is 0.0736. The van der Waals surface area contributed by atoms with E-state index in [1.54, 1.807) is 18.2 Å². The molecule has 0 spiro atoms. The normalized spacial score (nSPS) is 12.5. The topological polar surface area (TPSA) is 12.0 Å². The monoisotopic (exact) mass is 393 g/mol. The highest BCUT2D eigenvalue weighted by Crippen LogP contribution is 2.37. The Bertz CT molecular complexity index is 664. The Morgan fingerprint density at radius 1 is 1.14 bits per heavy atom. The molecule has 0 aliphatic carbocycles. The molecule has 112 valence electrons. The summed E-state index contributed by atoms with van der Waals surface area (Å²) in [7, 11) is 0. The summed E-state index contributed by atoms with van der Waals surface area (Å²) < 4.78 is 27.1. The zero-order valence-corrected chi connectivity index (χ0v) is 14.2. The molecule has 21 heavy (non-hydrogen) atoms. The second kappa shape index (κ2) is 7.05. The molecule has 2 aromatic carbocycles. The SMILES string of the molecule is CCNC(c1cccc(Cl)c1Cl)c1ccc(F)c(F)c1Br. The molecule has 0 aliphatic heterocycles. The molecule has 1 nitrogen and oxygen atoms in total. The summed E-state index contributed by atoms with van der Waals surface area (Å²) in [5.74, 6) is -1.83. The first kappa shape index (κ1) is 16.7. The van der Waals surface area contributed by atoms with Crippen LogP contribution < -0.4 is 5.32 Å². The summed E-state index contributed by atoms with van der Waals surface area (Å²) in [6.07, 6.45) is 0. The standard InChI is InChI=1S/C15H12BrCl2F2N/c1-2-21-15(9-4-3-5-10(17)13(9)18)8-6-7-11(19)14(20)12(8)16/h3-7,15,21H,2H2,1H3. The lowest BCUT2D eigenvalue weighted by Crippen LogP contribution is -2.23. The summed E-state index contributed by atoms with van der Waals surface area (Å²) in [6, 6.07) is 7.46. The summed E-state index contributed by atoms with van der Waals surface area (Å²) in [4.78, 5) is 0. The lowest BCUT2D eigenvalue weighted by Gasteiger charge is -2.22. The van der Waals surface area contributed by atoms with Crippen molar-refractivity contribution in [3.05, 3.63) is 67.6 Å². The van der Waals surface area contributed by atoms with Gasteiger partial charge in [0.15, 0.2) is 11.6 Å². The van der Waals surface area contributed by atoms with Crippen LogP contribution in [0.2, 0.25) is 10.0 Å². The van der Waals surface area contributed by atoms with E-state index in [0.717, 1.165) is 6.07 Å². The van der Waals surface area contributed by atoms with Gasteiger partial charge in [0.1, 0.15) is 0 Å². The van der Waals surface area contributed by atoms with Crippen LogP contribution in [-0.2, 0) is 0 Å². The van der Waals surface area contributed by atoms with Crippen molar-refractivity contribution in [1.82, 2.24) is 5.32 Å². The Labute approximate surface area is 140 Å². The molecule has 0 bridgehead atoms. The van der Waals surface area contributed by atoms with E-state index in [9.17, 15) is 8.78 Å². The van der Waals surface area contributed by atoms with Gasteiger partial charge in [0.25, 0.3) is 0 Å². The van der Waals surface area contributed by atoms with Gasteiger partial charge in [-0.05, 0) is 45.7 Å². The largest absolute Gasteiger partial charge is 0.306 e. The van der Waals surface area contributed by atoms with Crippen LogP contribution in [0.3, 0.4) is 0 Å². The van der Waals surface area contributed by atoms with Gasteiger partial charge in [-0.25, -0.2) is 8.78 Å². The van der Waals surface area contributed by atoms with Crippen LogP contribution >= 0.6 is 39.1 Å². The molecule has 0 radical (unpaired) electrons. The number of halogens is 5. The van der Waals surface area contributed by atoms with E-state index in [1.165, 1.54) is 6.07 Å². The Kier molecular flexibility index (Phi) is 5.60. The Hall–Kier alpha value is -0.680. The van der Waals surface area contributed by atoms with Crippen LogP contribution in [0.15, 0.2) is 34.8 Å². The van der Waals surface area contributed by atoms with Crippen LogP contribution in [0.4, 0.5) is 8.78 Å². The second-order valence-corrected chi connectivity index (χ2v) is 5.98. The van der Waals surface area contributed by atoms with Crippen LogP contribution in [0.5, 0.6) is 0 Å². The number of nitrogens with one attached hydrogen (secondary N) is 1. The number of benzene rings is 2. The molecule has 1 unspecified atom stereocenters. The van der Waals surface area contributed by atoms with E-state index >= 15 is 0 Å². The zero-order valence-electron chi connectivity index (χ0n) is 11.1. The highest BCUT2D eigenvalue weighted by atomic mass is 79.9. The lowest BCUT2D eigenvalue weighted by molar-refractivity contribution is 0.498. The fourth-order valence-corrected chi connectivity index (χ4v) is 3.07. The van der Waals surface area contributed by atoms with Crippen molar-refractivity contribution in [3.63, 3.8) is 0 Å². The van der Waals surface area contributed by atoms with Crippen molar-refractivity contribution in [1.29, 1.82) is 0 Å². The van der Waals surface area contributed by atoms with Crippen LogP contribution in [0, 0.1) is 11.6 Å². The van der Waals surface area contributed by atoms with E-state index in [4.69, 9.17) is 23.2 Å². The van der Waals surface area contributed by atoms with Gasteiger partial charge in [-0.15, -0.1) is 0 Å². The van der Waals surface area contributed by atoms with Gasteiger partial charge < -0.3 is 5.32 Å². The van der Waals surface area contributed by atoms with Crippen LogP contribution in [-0.4, -0.2) is 6.54 Å². The molecular weight excluding hydrogens is 383 g/mol. The minimum atomic E-state index is -0.923. The molecule has 0 amide bonds. The van der Waals surface area contributed by atoms with Crippen molar-refractivity contribution in [2.75, 3.05) is 6.54 Å². The lowest BCUT2D eigenvalue weighted by atomic mass is 9.98. The number of rotatable bonds is 4. The van der Waals surface area contributed by atoms with Gasteiger partial charge in [-0.2, -0.15) is 0 Å². The third-order valence-electron chi connectivity index (χ3n) is 3.08. The molecule has 0 aromatic heterocycles. The third kappa shape index (κ3) is 3.39. The van der Waals surface area contributed by atoms with Crippen molar-refractivity contribution >= 4 is 39.1 Å². The molecule has 2 rings (SSSR count). The Balaban J connectivity index is 2.59. The number of hydrogen-bond donors (Lipinski definition) is 1. The summed E-state index contributed by atoms with van der Waals surface area (Å²) in [6.45, 7) is 2.54. The van der Waals surface area contributed by atoms with E-state index in [2.05, 4.69) is 21.2 Å². The van der Waals surface area contributed by atoms with Crippen molar-refractivity contribution in [2.24, 2.45) is 0 Å². The van der Waals surface area contributed by atoms with Gasteiger partial charge in [0.05, 0.1) is 20.6 Å². The highest BCUT2D eigenvalue weighted by Gasteiger charge is 2.22. The maximum atomic E-state index is 13.8. The predicted molar refractivity (Wildman–Crippen MR) is 86.0 cm³/mol. The molecule has 0 saturated carbocycles. The van der Waals surface area contributed by atoms with Gasteiger partial charge in [0.2, 0.25) is 0 Å². The first-order chi connectivity index (χ1) is 9.97. The smallest absolute Gasteiger partial charge is 0.173 e.